The first-order valence-electron chi connectivity index (χ1n) is 5.18. The van der Waals surface area contributed by atoms with Gasteiger partial charge < -0.3 is 10.2 Å². The van der Waals surface area contributed by atoms with Crippen molar-refractivity contribution in [1.29, 1.82) is 0 Å². The largest absolute Gasteiger partial charge is 0.504 e. The van der Waals surface area contributed by atoms with Gasteiger partial charge in [0, 0.05) is 18.0 Å². The number of hydrogen-bond donors (Lipinski definition) is 2. The number of rotatable bonds is 3. The average molecular weight is 228 g/mol. The highest BCUT2D eigenvalue weighted by Gasteiger charge is 2.02. The van der Waals surface area contributed by atoms with Crippen molar-refractivity contribution >= 4 is 6.21 Å². The number of pyridine rings is 1. The molecule has 0 fully saturated rings. The molecule has 0 aliphatic carbocycles. The summed E-state index contributed by atoms with van der Waals surface area (Å²) in [6, 6.07) is 10.4. The number of aliphatic imine (C=N–C) groups is 1. The molecule has 1 aromatic carbocycles. The number of nitrogens with zero attached hydrogens (tertiary/aromatic N) is 2. The van der Waals surface area contributed by atoms with Crippen LogP contribution in [0.5, 0.6) is 11.5 Å². The average Bonchev–Trinajstić information content (AvgIpc) is 2.36. The maximum Gasteiger partial charge on any atom is 0.166 e. The molecule has 2 rings (SSSR count). The predicted octanol–water partition coefficient (Wildman–Crippen LogP) is 2.11. The molecular formula is C13H12N2O2. The van der Waals surface area contributed by atoms with Crippen LogP contribution in [0.1, 0.15) is 11.3 Å². The number of hydrogen-bond acceptors (Lipinski definition) is 4. The van der Waals surface area contributed by atoms with Gasteiger partial charge in [-0.25, -0.2) is 0 Å². The lowest BCUT2D eigenvalue weighted by atomic mass is 10.2. The van der Waals surface area contributed by atoms with E-state index in [1.54, 1.807) is 18.3 Å². The first-order chi connectivity index (χ1) is 8.27. The van der Waals surface area contributed by atoms with Gasteiger partial charge in [0.2, 0.25) is 0 Å². The minimum Gasteiger partial charge on any atom is -0.504 e. The number of aromatic nitrogens is 1. The van der Waals surface area contributed by atoms with Crippen molar-refractivity contribution in [2.45, 2.75) is 6.54 Å². The van der Waals surface area contributed by atoms with Crippen LogP contribution in [0, 0.1) is 0 Å². The van der Waals surface area contributed by atoms with Crippen LogP contribution < -0.4 is 0 Å². The third-order valence-corrected chi connectivity index (χ3v) is 2.26. The van der Waals surface area contributed by atoms with Gasteiger partial charge in [0.15, 0.2) is 11.5 Å². The Kier molecular flexibility index (Phi) is 3.35. The van der Waals surface area contributed by atoms with Crippen LogP contribution in [0.3, 0.4) is 0 Å². The molecule has 17 heavy (non-hydrogen) atoms. The number of aromatic hydroxyl groups is 2. The van der Waals surface area contributed by atoms with Crippen LogP contribution in [-0.2, 0) is 6.54 Å². The van der Waals surface area contributed by atoms with Crippen LogP contribution >= 0.6 is 0 Å². The van der Waals surface area contributed by atoms with E-state index >= 15 is 0 Å². The van der Waals surface area contributed by atoms with Gasteiger partial charge >= 0.3 is 0 Å². The smallest absolute Gasteiger partial charge is 0.166 e. The van der Waals surface area contributed by atoms with Crippen molar-refractivity contribution in [1.82, 2.24) is 4.98 Å². The van der Waals surface area contributed by atoms with Gasteiger partial charge in [0.25, 0.3) is 0 Å². The summed E-state index contributed by atoms with van der Waals surface area (Å²) in [5.41, 5.74) is 1.34. The quantitative estimate of drug-likeness (QED) is 0.624. The second kappa shape index (κ2) is 5.12. The van der Waals surface area contributed by atoms with E-state index in [1.165, 1.54) is 12.3 Å². The normalized spacial score (nSPS) is 10.8. The molecule has 0 amide bonds. The maximum atomic E-state index is 9.54. The van der Waals surface area contributed by atoms with Crippen LogP contribution in [0.2, 0.25) is 0 Å². The number of phenolic OH excluding ortho intramolecular Hbond substituents is 2. The lowest BCUT2D eigenvalue weighted by Gasteiger charge is -2.00. The summed E-state index contributed by atoms with van der Waals surface area (Å²) in [5.74, 6) is -0.302. The van der Waals surface area contributed by atoms with E-state index in [0.29, 0.717) is 12.1 Å². The fourth-order valence-electron chi connectivity index (χ4n) is 1.38. The van der Waals surface area contributed by atoms with Gasteiger partial charge in [-0.3, -0.25) is 9.98 Å². The van der Waals surface area contributed by atoms with Gasteiger partial charge in [0.05, 0.1) is 12.2 Å². The Hall–Kier alpha value is -2.36. The molecule has 1 heterocycles. The summed E-state index contributed by atoms with van der Waals surface area (Å²) in [6.45, 7) is 0.440. The van der Waals surface area contributed by atoms with Crippen molar-refractivity contribution in [3.63, 3.8) is 0 Å². The van der Waals surface area contributed by atoms with Crippen molar-refractivity contribution in [3.8, 4) is 11.5 Å². The molecule has 0 atom stereocenters. The van der Waals surface area contributed by atoms with E-state index in [0.717, 1.165) is 5.69 Å². The Labute approximate surface area is 98.9 Å². The van der Waals surface area contributed by atoms with E-state index in [2.05, 4.69) is 9.98 Å². The molecule has 0 unspecified atom stereocenters. The van der Waals surface area contributed by atoms with Crippen molar-refractivity contribution < 1.29 is 10.2 Å². The molecule has 4 nitrogen and oxygen atoms in total. The van der Waals surface area contributed by atoms with Gasteiger partial charge in [-0.05, 0) is 24.3 Å². The molecule has 0 saturated heterocycles. The fraction of sp³-hybridized carbons (Fsp3) is 0.0769. The standard InChI is InChI=1S/C13H12N2O2/c16-12-6-3-4-10(13(12)17)8-14-9-11-5-1-2-7-15-11/h1-8,16-17H,9H2. The molecule has 2 N–H and O–H groups in total. The molecule has 4 heteroatoms. The van der Waals surface area contributed by atoms with Gasteiger partial charge in [-0.2, -0.15) is 0 Å². The minimum atomic E-state index is -0.155. The van der Waals surface area contributed by atoms with Gasteiger partial charge in [0.1, 0.15) is 0 Å². The zero-order valence-corrected chi connectivity index (χ0v) is 9.11. The molecule has 1 aromatic heterocycles. The molecule has 0 bridgehead atoms. The Morgan fingerprint density at radius 2 is 2.00 bits per heavy atom. The maximum absolute atomic E-state index is 9.54. The number of phenols is 2. The molecule has 2 aromatic rings. The first-order valence-corrected chi connectivity index (χ1v) is 5.18. The first kappa shape index (κ1) is 11.1. The second-order valence-corrected chi connectivity index (χ2v) is 3.51. The van der Waals surface area contributed by atoms with E-state index in [4.69, 9.17) is 0 Å². The predicted molar refractivity (Wildman–Crippen MR) is 65.3 cm³/mol. The van der Waals surface area contributed by atoms with Crippen LogP contribution in [0.15, 0.2) is 47.6 Å². The molecule has 86 valence electrons. The summed E-state index contributed by atoms with van der Waals surface area (Å²) >= 11 is 0. The monoisotopic (exact) mass is 228 g/mol. The fourth-order valence-corrected chi connectivity index (χ4v) is 1.38. The lowest BCUT2D eigenvalue weighted by molar-refractivity contribution is 0.403. The zero-order chi connectivity index (χ0) is 12.1. The molecule has 0 aliphatic heterocycles. The summed E-state index contributed by atoms with van der Waals surface area (Å²) < 4.78 is 0. The van der Waals surface area contributed by atoms with E-state index in [1.807, 2.05) is 18.2 Å². The SMILES string of the molecule is Oc1cccc(C=NCc2ccccn2)c1O. The van der Waals surface area contributed by atoms with Gasteiger partial charge in [-0.1, -0.05) is 12.1 Å². The number of para-hydroxylation sites is 1. The Morgan fingerprint density at radius 3 is 2.76 bits per heavy atom. The van der Waals surface area contributed by atoms with Crippen LogP contribution in [-0.4, -0.2) is 21.4 Å². The van der Waals surface area contributed by atoms with E-state index < -0.39 is 0 Å². The van der Waals surface area contributed by atoms with Gasteiger partial charge in [-0.15, -0.1) is 0 Å². The third kappa shape index (κ3) is 2.81. The third-order valence-electron chi connectivity index (χ3n) is 2.26. The number of benzene rings is 1. The van der Waals surface area contributed by atoms with Crippen molar-refractivity contribution in [2.75, 3.05) is 0 Å². The summed E-state index contributed by atoms with van der Waals surface area (Å²) in [6.07, 6.45) is 3.22. The van der Waals surface area contributed by atoms with Crippen LogP contribution in [0.25, 0.3) is 0 Å². The lowest BCUT2D eigenvalue weighted by Crippen LogP contribution is -1.88. The highest BCUT2D eigenvalue weighted by atomic mass is 16.3. The second-order valence-electron chi connectivity index (χ2n) is 3.51. The summed E-state index contributed by atoms with van der Waals surface area (Å²) in [4.78, 5) is 8.28. The van der Waals surface area contributed by atoms with Crippen LogP contribution in [0.4, 0.5) is 0 Å². The minimum absolute atomic E-state index is 0.146. The van der Waals surface area contributed by atoms with E-state index in [9.17, 15) is 10.2 Å². The summed E-state index contributed by atoms with van der Waals surface area (Å²) in [7, 11) is 0. The zero-order valence-electron chi connectivity index (χ0n) is 9.11. The summed E-state index contributed by atoms with van der Waals surface area (Å²) in [5, 5.41) is 18.8. The van der Waals surface area contributed by atoms with E-state index in [-0.39, 0.29) is 11.5 Å². The Balaban J connectivity index is 2.09. The topological polar surface area (TPSA) is 65.7 Å². The Morgan fingerprint density at radius 1 is 1.12 bits per heavy atom. The van der Waals surface area contributed by atoms with Crippen molar-refractivity contribution in [2.24, 2.45) is 4.99 Å². The Bertz CT molecular complexity index is 524. The molecule has 0 saturated carbocycles. The highest BCUT2D eigenvalue weighted by Crippen LogP contribution is 2.26. The van der Waals surface area contributed by atoms with Crippen molar-refractivity contribution in [3.05, 3.63) is 53.9 Å². The highest BCUT2D eigenvalue weighted by molar-refractivity contribution is 5.84. The molecular weight excluding hydrogens is 216 g/mol. The molecule has 0 spiro atoms. The molecule has 0 radical (unpaired) electrons. The molecule has 0 aliphatic rings.